The molecular formula is C15H11N3O3. The van der Waals surface area contributed by atoms with Gasteiger partial charge in [-0.15, -0.1) is 0 Å². The number of aromatic nitrogens is 2. The molecule has 0 radical (unpaired) electrons. The lowest BCUT2D eigenvalue weighted by molar-refractivity contribution is -0.105. The molecule has 4 rings (SSSR count). The van der Waals surface area contributed by atoms with Crippen molar-refractivity contribution in [2.45, 2.75) is 0 Å². The molecule has 21 heavy (non-hydrogen) atoms. The second-order valence-corrected chi connectivity index (χ2v) is 4.66. The summed E-state index contributed by atoms with van der Waals surface area (Å²) in [4.78, 5) is 10.6. The predicted octanol–water partition coefficient (Wildman–Crippen LogP) is 2.53. The Morgan fingerprint density at radius 2 is 2.05 bits per heavy atom. The van der Waals surface area contributed by atoms with Gasteiger partial charge < -0.3 is 14.8 Å². The minimum atomic E-state index is 0.244. The third kappa shape index (κ3) is 1.88. The van der Waals surface area contributed by atoms with Crippen LogP contribution < -0.4 is 14.8 Å². The van der Waals surface area contributed by atoms with Crippen molar-refractivity contribution in [2.75, 3.05) is 12.1 Å². The molecule has 2 heterocycles. The van der Waals surface area contributed by atoms with Crippen molar-refractivity contribution in [3.8, 4) is 22.8 Å². The molecule has 6 heteroatoms. The van der Waals surface area contributed by atoms with Crippen molar-refractivity contribution in [3.05, 3.63) is 36.4 Å². The van der Waals surface area contributed by atoms with Gasteiger partial charge in [0.1, 0.15) is 5.69 Å². The summed E-state index contributed by atoms with van der Waals surface area (Å²) in [6.07, 6.45) is 0.654. The fourth-order valence-corrected chi connectivity index (χ4v) is 2.44. The molecule has 0 saturated heterocycles. The minimum absolute atomic E-state index is 0.244. The van der Waals surface area contributed by atoms with Crippen molar-refractivity contribution in [1.29, 1.82) is 0 Å². The van der Waals surface area contributed by atoms with E-state index in [1.54, 1.807) is 0 Å². The average Bonchev–Trinajstić information content (AvgIpc) is 3.12. The molecule has 0 unspecified atom stereocenters. The third-order valence-corrected chi connectivity index (χ3v) is 3.43. The minimum Gasteiger partial charge on any atom is -0.454 e. The maximum absolute atomic E-state index is 10.6. The van der Waals surface area contributed by atoms with Gasteiger partial charge in [0.15, 0.2) is 11.5 Å². The van der Waals surface area contributed by atoms with Gasteiger partial charge in [0.25, 0.3) is 0 Å². The van der Waals surface area contributed by atoms with Crippen LogP contribution in [0.5, 0.6) is 11.5 Å². The molecule has 0 atom stereocenters. The lowest BCUT2D eigenvalue weighted by atomic mass is 10.1. The van der Waals surface area contributed by atoms with Crippen molar-refractivity contribution in [2.24, 2.45) is 0 Å². The number of nitrogens with zero attached hydrogens (tertiary/aromatic N) is 1. The van der Waals surface area contributed by atoms with E-state index in [9.17, 15) is 4.79 Å². The zero-order valence-corrected chi connectivity index (χ0v) is 10.9. The highest BCUT2D eigenvalue weighted by Gasteiger charge is 2.16. The summed E-state index contributed by atoms with van der Waals surface area (Å²) in [6.45, 7) is 0.244. The van der Waals surface area contributed by atoms with E-state index >= 15 is 0 Å². The molecule has 1 aliphatic rings. The van der Waals surface area contributed by atoms with Gasteiger partial charge in [-0.25, -0.2) is 0 Å². The van der Waals surface area contributed by atoms with Crippen LogP contribution in [-0.4, -0.2) is 23.4 Å². The molecule has 0 bridgehead atoms. The second kappa shape index (κ2) is 4.52. The molecule has 0 fully saturated rings. The van der Waals surface area contributed by atoms with E-state index in [1.165, 1.54) is 0 Å². The molecule has 2 aromatic carbocycles. The molecule has 0 aliphatic carbocycles. The largest absolute Gasteiger partial charge is 0.454 e. The van der Waals surface area contributed by atoms with Crippen molar-refractivity contribution in [1.82, 2.24) is 10.2 Å². The van der Waals surface area contributed by atoms with E-state index in [2.05, 4.69) is 15.5 Å². The number of rotatable bonds is 3. The van der Waals surface area contributed by atoms with Crippen LogP contribution in [0.1, 0.15) is 0 Å². The SMILES string of the molecule is O=CNc1ccc2[nH]nc(-c3ccc4c(c3)OCO4)c2c1. The first-order chi connectivity index (χ1) is 10.3. The molecule has 6 nitrogen and oxygen atoms in total. The number of H-pyrrole nitrogens is 1. The number of hydrogen-bond donors (Lipinski definition) is 2. The van der Waals surface area contributed by atoms with Crippen molar-refractivity contribution < 1.29 is 14.3 Å². The van der Waals surface area contributed by atoms with Gasteiger partial charge in [-0.05, 0) is 36.4 Å². The van der Waals surface area contributed by atoms with Gasteiger partial charge >= 0.3 is 0 Å². The fraction of sp³-hybridized carbons (Fsp3) is 0.0667. The van der Waals surface area contributed by atoms with Crippen LogP contribution >= 0.6 is 0 Å². The Bertz CT molecular complexity index is 841. The molecule has 2 N–H and O–H groups in total. The van der Waals surface area contributed by atoms with Crippen molar-refractivity contribution >= 4 is 23.0 Å². The van der Waals surface area contributed by atoms with Gasteiger partial charge in [-0.3, -0.25) is 9.89 Å². The number of fused-ring (bicyclic) bond motifs is 2. The summed E-state index contributed by atoms with van der Waals surface area (Å²) in [5, 5.41) is 10.9. The lowest BCUT2D eigenvalue weighted by Gasteiger charge is -2.02. The standard InChI is InChI=1S/C15H11N3O3/c19-7-16-10-2-3-12-11(6-10)15(18-17-12)9-1-4-13-14(5-9)21-8-20-13/h1-7H,8H2,(H,16,19)(H,17,18). The summed E-state index contributed by atoms with van der Waals surface area (Å²) >= 11 is 0. The summed E-state index contributed by atoms with van der Waals surface area (Å²) < 4.78 is 10.7. The molecule has 104 valence electrons. The van der Waals surface area contributed by atoms with Crippen LogP contribution in [0.4, 0.5) is 5.69 Å². The molecule has 3 aromatic rings. The first-order valence-electron chi connectivity index (χ1n) is 6.43. The highest BCUT2D eigenvalue weighted by atomic mass is 16.7. The molecule has 0 spiro atoms. The fourth-order valence-electron chi connectivity index (χ4n) is 2.44. The first kappa shape index (κ1) is 11.8. The lowest BCUT2D eigenvalue weighted by Crippen LogP contribution is -1.93. The van der Waals surface area contributed by atoms with Crippen LogP contribution in [0.3, 0.4) is 0 Å². The van der Waals surface area contributed by atoms with E-state index < -0.39 is 0 Å². The van der Waals surface area contributed by atoms with Crippen molar-refractivity contribution in [3.63, 3.8) is 0 Å². The van der Waals surface area contributed by atoms with Gasteiger partial charge in [0.2, 0.25) is 13.2 Å². The number of nitrogens with one attached hydrogen (secondary N) is 2. The maximum Gasteiger partial charge on any atom is 0.231 e. The van der Waals surface area contributed by atoms with Crippen LogP contribution in [0, 0.1) is 0 Å². The molecule has 0 saturated carbocycles. The number of ether oxygens (including phenoxy) is 2. The van der Waals surface area contributed by atoms with E-state index in [4.69, 9.17) is 9.47 Å². The Hall–Kier alpha value is -3.02. The van der Waals surface area contributed by atoms with Gasteiger partial charge in [0.05, 0.1) is 5.52 Å². The monoisotopic (exact) mass is 281 g/mol. The number of carbonyl (C=O) groups is 1. The van der Waals surface area contributed by atoms with Crippen LogP contribution in [0.15, 0.2) is 36.4 Å². The number of carbonyl (C=O) groups excluding carboxylic acids is 1. The number of benzene rings is 2. The van der Waals surface area contributed by atoms with Crippen LogP contribution in [-0.2, 0) is 4.79 Å². The Morgan fingerprint density at radius 3 is 2.95 bits per heavy atom. The molecule has 1 aromatic heterocycles. The normalized spacial score (nSPS) is 12.6. The topological polar surface area (TPSA) is 76.2 Å². The molecule has 1 aliphatic heterocycles. The number of amides is 1. The highest BCUT2D eigenvalue weighted by molar-refractivity contribution is 5.96. The summed E-state index contributed by atoms with van der Waals surface area (Å²) in [7, 11) is 0. The van der Waals surface area contributed by atoms with Gasteiger partial charge in [-0.2, -0.15) is 5.10 Å². The zero-order chi connectivity index (χ0) is 14.2. The number of anilines is 1. The van der Waals surface area contributed by atoms with Crippen LogP contribution in [0.2, 0.25) is 0 Å². The number of hydrogen-bond acceptors (Lipinski definition) is 4. The van der Waals surface area contributed by atoms with Gasteiger partial charge in [-0.1, -0.05) is 0 Å². The average molecular weight is 281 g/mol. The molecular weight excluding hydrogens is 270 g/mol. The Balaban J connectivity index is 1.85. The summed E-state index contributed by atoms with van der Waals surface area (Å²) in [5.74, 6) is 1.45. The van der Waals surface area contributed by atoms with Crippen LogP contribution in [0.25, 0.3) is 22.2 Å². The van der Waals surface area contributed by atoms with E-state index in [0.717, 1.165) is 33.6 Å². The maximum atomic E-state index is 10.6. The van der Waals surface area contributed by atoms with Gasteiger partial charge in [0, 0.05) is 16.6 Å². The smallest absolute Gasteiger partial charge is 0.231 e. The summed E-state index contributed by atoms with van der Waals surface area (Å²) in [6, 6.07) is 11.3. The quantitative estimate of drug-likeness (QED) is 0.723. The van der Waals surface area contributed by atoms with E-state index in [0.29, 0.717) is 12.2 Å². The Morgan fingerprint density at radius 1 is 1.14 bits per heavy atom. The zero-order valence-electron chi connectivity index (χ0n) is 10.9. The number of aromatic amines is 1. The Labute approximate surface area is 119 Å². The predicted molar refractivity (Wildman–Crippen MR) is 77.3 cm³/mol. The Kier molecular flexibility index (Phi) is 2.53. The first-order valence-corrected chi connectivity index (χ1v) is 6.43. The third-order valence-electron chi connectivity index (χ3n) is 3.43. The molecule has 1 amide bonds. The van der Waals surface area contributed by atoms with E-state index in [-0.39, 0.29) is 6.79 Å². The van der Waals surface area contributed by atoms with E-state index in [1.807, 2.05) is 36.4 Å². The highest BCUT2D eigenvalue weighted by Crippen LogP contribution is 2.37. The summed E-state index contributed by atoms with van der Waals surface area (Å²) in [5.41, 5.74) is 3.35. The second-order valence-electron chi connectivity index (χ2n) is 4.66.